The summed E-state index contributed by atoms with van der Waals surface area (Å²) in [4.78, 5) is 8.08. The number of fused-ring (bicyclic) bond motifs is 1. The number of methoxy groups -OCH3 is 1. The molecule has 0 spiro atoms. The van der Waals surface area contributed by atoms with E-state index >= 15 is 0 Å². The van der Waals surface area contributed by atoms with Crippen LogP contribution in [0.2, 0.25) is 0 Å². The third-order valence-electron chi connectivity index (χ3n) is 3.91. The van der Waals surface area contributed by atoms with Crippen LogP contribution in [-0.4, -0.2) is 33.5 Å². The molecule has 0 aliphatic carbocycles. The largest absolute Gasteiger partial charge is 0.384 e. The van der Waals surface area contributed by atoms with Crippen LogP contribution >= 0.6 is 0 Å². The molecule has 5 heteroatoms. The maximum absolute atomic E-state index is 5.15. The molecule has 0 aliphatic rings. The number of ether oxygens (including phenoxy) is 1. The zero-order chi connectivity index (χ0) is 16.4. The van der Waals surface area contributed by atoms with Gasteiger partial charge in [-0.05, 0) is 32.4 Å². The summed E-state index contributed by atoms with van der Waals surface area (Å²) in [5.74, 6) is 1.84. The van der Waals surface area contributed by atoms with Crippen molar-refractivity contribution in [2.45, 2.75) is 39.2 Å². The number of hydrogen-bond acceptors (Lipinski definition) is 3. The molecule has 23 heavy (non-hydrogen) atoms. The van der Waals surface area contributed by atoms with E-state index in [0.29, 0.717) is 6.61 Å². The van der Waals surface area contributed by atoms with Gasteiger partial charge < -0.3 is 9.72 Å². The van der Waals surface area contributed by atoms with E-state index in [9.17, 15) is 0 Å². The maximum Gasteiger partial charge on any atom is 0.153 e. The molecule has 0 unspecified atom stereocenters. The van der Waals surface area contributed by atoms with E-state index in [0.717, 1.165) is 30.0 Å². The summed E-state index contributed by atoms with van der Waals surface area (Å²) in [6.07, 6.45) is 3.57. The molecule has 0 saturated carbocycles. The second-order valence-electron chi connectivity index (χ2n) is 6.81. The molecule has 0 bridgehead atoms. The van der Waals surface area contributed by atoms with E-state index in [4.69, 9.17) is 14.8 Å². The average molecular weight is 312 g/mol. The van der Waals surface area contributed by atoms with Crippen molar-refractivity contribution in [1.29, 1.82) is 0 Å². The number of aromatic nitrogens is 4. The smallest absolute Gasteiger partial charge is 0.153 e. The minimum atomic E-state index is -0.0975. The van der Waals surface area contributed by atoms with Crippen LogP contribution in [-0.2, 0) is 23.1 Å². The van der Waals surface area contributed by atoms with Crippen LogP contribution in [0.3, 0.4) is 0 Å². The molecule has 0 amide bonds. The topological polar surface area (TPSA) is 55.7 Å². The summed E-state index contributed by atoms with van der Waals surface area (Å²) in [7, 11) is 1.70. The predicted molar refractivity (Wildman–Crippen MR) is 91.7 cm³/mol. The Morgan fingerprint density at radius 2 is 2.00 bits per heavy atom. The van der Waals surface area contributed by atoms with Gasteiger partial charge in [0, 0.05) is 37.1 Å². The summed E-state index contributed by atoms with van der Waals surface area (Å²) >= 11 is 0. The van der Waals surface area contributed by atoms with Crippen molar-refractivity contribution in [2.75, 3.05) is 13.7 Å². The maximum atomic E-state index is 5.15. The van der Waals surface area contributed by atoms with Gasteiger partial charge in [0.15, 0.2) is 5.82 Å². The van der Waals surface area contributed by atoms with Gasteiger partial charge in [-0.3, -0.25) is 0 Å². The van der Waals surface area contributed by atoms with Crippen molar-refractivity contribution in [1.82, 2.24) is 19.7 Å². The van der Waals surface area contributed by atoms with E-state index in [1.807, 2.05) is 10.7 Å². The van der Waals surface area contributed by atoms with E-state index < -0.39 is 0 Å². The van der Waals surface area contributed by atoms with Crippen molar-refractivity contribution in [3.63, 3.8) is 0 Å². The molecule has 3 aromatic rings. The fourth-order valence-electron chi connectivity index (χ4n) is 2.79. The molecule has 122 valence electrons. The van der Waals surface area contributed by atoms with Crippen LogP contribution in [0.4, 0.5) is 0 Å². The van der Waals surface area contributed by atoms with Gasteiger partial charge in [-0.25, -0.2) is 9.67 Å². The highest BCUT2D eigenvalue weighted by atomic mass is 16.5. The third-order valence-corrected chi connectivity index (χ3v) is 3.91. The number of nitrogens with one attached hydrogen (secondary N) is 1. The lowest BCUT2D eigenvalue weighted by molar-refractivity contribution is 0.200. The summed E-state index contributed by atoms with van der Waals surface area (Å²) in [6, 6.07) is 8.35. The number of aromatic amines is 1. The second-order valence-corrected chi connectivity index (χ2v) is 6.81. The Labute approximate surface area is 136 Å². The number of benzene rings is 1. The number of nitrogens with zero attached hydrogens (tertiary/aromatic N) is 3. The van der Waals surface area contributed by atoms with Gasteiger partial charge in [0.1, 0.15) is 5.82 Å². The molecular formula is C18H24N4O. The molecule has 1 N–H and O–H groups in total. The Morgan fingerprint density at radius 1 is 1.22 bits per heavy atom. The van der Waals surface area contributed by atoms with Gasteiger partial charge in [0.25, 0.3) is 0 Å². The Hall–Kier alpha value is -2.14. The lowest BCUT2D eigenvalue weighted by Crippen LogP contribution is -2.25. The average Bonchev–Trinajstić information content (AvgIpc) is 3.10. The first-order chi connectivity index (χ1) is 11.0. The van der Waals surface area contributed by atoms with Crippen LogP contribution in [0, 0.1) is 0 Å². The first-order valence-corrected chi connectivity index (χ1v) is 7.98. The van der Waals surface area contributed by atoms with Gasteiger partial charge in [-0.1, -0.05) is 18.2 Å². The fraction of sp³-hybridized carbons (Fsp3) is 0.444. The Morgan fingerprint density at radius 3 is 2.74 bits per heavy atom. The lowest BCUT2D eigenvalue weighted by atomic mass is 10.1. The first kappa shape index (κ1) is 15.7. The number of H-pyrrole nitrogens is 1. The van der Waals surface area contributed by atoms with Crippen LogP contribution in [0.15, 0.2) is 30.5 Å². The van der Waals surface area contributed by atoms with Crippen LogP contribution < -0.4 is 0 Å². The van der Waals surface area contributed by atoms with Gasteiger partial charge in [0.05, 0.1) is 12.1 Å². The van der Waals surface area contributed by atoms with E-state index in [1.54, 1.807) is 7.11 Å². The van der Waals surface area contributed by atoms with Gasteiger partial charge in [-0.15, -0.1) is 0 Å². The van der Waals surface area contributed by atoms with Crippen molar-refractivity contribution in [3.05, 3.63) is 47.7 Å². The minimum absolute atomic E-state index is 0.0975. The zero-order valence-electron chi connectivity index (χ0n) is 14.3. The van der Waals surface area contributed by atoms with E-state index in [2.05, 4.69) is 50.2 Å². The molecule has 0 fully saturated rings. The van der Waals surface area contributed by atoms with Crippen LogP contribution in [0.1, 0.15) is 38.0 Å². The molecule has 0 saturated heterocycles. The Balaban J connectivity index is 1.96. The van der Waals surface area contributed by atoms with Crippen molar-refractivity contribution >= 4 is 10.9 Å². The summed E-state index contributed by atoms with van der Waals surface area (Å²) < 4.78 is 7.19. The normalized spacial score (nSPS) is 12.2. The highest BCUT2D eigenvalue weighted by molar-refractivity contribution is 5.83. The zero-order valence-corrected chi connectivity index (χ0v) is 14.3. The molecule has 5 nitrogen and oxygen atoms in total. The van der Waals surface area contributed by atoms with Crippen molar-refractivity contribution in [3.8, 4) is 0 Å². The SMILES string of the molecule is COCCc1nc(Cc2c[nH]c3ccccc23)n(C(C)(C)C)n1. The van der Waals surface area contributed by atoms with E-state index in [-0.39, 0.29) is 5.54 Å². The molecular weight excluding hydrogens is 288 g/mol. The first-order valence-electron chi connectivity index (χ1n) is 7.98. The molecule has 2 heterocycles. The predicted octanol–water partition coefficient (Wildman–Crippen LogP) is 3.29. The van der Waals surface area contributed by atoms with Gasteiger partial charge in [-0.2, -0.15) is 5.10 Å². The Kier molecular flexibility index (Phi) is 4.22. The molecule has 0 radical (unpaired) electrons. The molecule has 3 rings (SSSR count). The second kappa shape index (κ2) is 6.16. The molecule has 1 aromatic carbocycles. The summed E-state index contributed by atoms with van der Waals surface area (Å²) in [6.45, 7) is 7.10. The standard InChI is InChI=1S/C18H24N4O/c1-18(2,3)22-17(20-16(21-22)9-10-23-4)11-13-12-19-15-8-6-5-7-14(13)15/h5-8,12,19H,9-11H2,1-4H3. The number of hydrogen-bond donors (Lipinski definition) is 1. The quantitative estimate of drug-likeness (QED) is 0.786. The monoisotopic (exact) mass is 312 g/mol. The molecule has 0 aliphatic heterocycles. The highest BCUT2D eigenvalue weighted by Crippen LogP contribution is 2.23. The minimum Gasteiger partial charge on any atom is -0.384 e. The van der Waals surface area contributed by atoms with Crippen LogP contribution in [0.25, 0.3) is 10.9 Å². The third kappa shape index (κ3) is 3.29. The number of rotatable bonds is 5. The fourth-order valence-corrected chi connectivity index (χ4v) is 2.79. The summed E-state index contributed by atoms with van der Waals surface area (Å²) in [5.41, 5.74) is 2.31. The van der Waals surface area contributed by atoms with Gasteiger partial charge in [0.2, 0.25) is 0 Å². The Bertz CT molecular complexity index is 795. The molecule has 0 atom stereocenters. The lowest BCUT2D eigenvalue weighted by Gasteiger charge is -2.21. The van der Waals surface area contributed by atoms with Crippen molar-refractivity contribution in [2.24, 2.45) is 0 Å². The van der Waals surface area contributed by atoms with Crippen LogP contribution in [0.5, 0.6) is 0 Å². The number of para-hydroxylation sites is 1. The van der Waals surface area contributed by atoms with E-state index in [1.165, 1.54) is 10.9 Å². The molecule has 2 aromatic heterocycles. The highest BCUT2D eigenvalue weighted by Gasteiger charge is 2.21. The van der Waals surface area contributed by atoms with Crippen molar-refractivity contribution < 1.29 is 4.74 Å². The summed E-state index contributed by atoms with van der Waals surface area (Å²) in [5, 5.41) is 5.94. The van der Waals surface area contributed by atoms with Gasteiger partial charge >= 0.3 is 0 Å².